The van der Waals surface area contributed by atoms with Gasteiger partial charge in [0.2, 0.25) is 0 Å². The second-order valence-corrected chi connectivity index (χ2v) is 4.72. The first kappa shape index (κ1) is 14.9. The third-order valence-corrected chi connectivity index (χ3v) is 4.05. The molecule has 9 heteroatoms. The van der Waals surface area contributed by atoms with Crippen LogP contribution in [0.1, 0.15) is 5.56 Å². The number of rotatable bonds is 1. The molecule has 0 saturated heterocycles. The molecule has 0 aromatic heterocycles. The Morgan fingerprint density at radius 1 is 1.06 bits per heavy atom. The highest BCUT2D eigenvalue weighted by molar-refractivity contribution is 14.1. The van der Waals surface area contributed by atoms with Crippen LogP contribution in [0.2, 0.25) is 0 Å². The van der Waals surface area contributed by atoms with Crippen molar-refractivity contribution in [2.24, 2.45) is 0 Å². The molecular weight excluding hydrogens is 433 g/mol. The normalized spacial score (nSPS) is 12.7. The molecule has 0 aliphatic heterocycles. The lowest BCUT2D eigenvalue weighted by Crippen LogP contribution is -2.21. The quantitative estimate of drug-likeness (QED) is 0.448. The van der Waals surface area contributed by atoms with Crippen LogP contribution in [0.25, 0.3) is 0 Å². The third-order valence-electron chi connectivity index (χ3n) is 1.57. The van der Waals surface area contributed by atoms with Crippen molar-refractivity contribution in [2.45, 2.75) is 12.5 Å². The van der Waals surface area contributed by atoms with E-state index in [0.29, 0.717) is 6.07 Å². The van der Waals surface area contributed by atoms with Crippen LogP contribution >= 0.6 is 38.5 Å². The van der Waals surface area contributed by atoms with Crippen molar-refractivity contribution in [3.63, 3.8) is 0 Å². The van der Waals surface area contributed by atoms with Crippen molar-refractivity contribution in [1.82, 2.24) is 0 Å². The summed E-state index contributed by atoms with van der Waals surface area (Å²) < 4.78 is 76.7. The van der Waals surface area contributed by atoms with Gasteiger partial charge in [0, 0.05) is 4.47 Å². The lowest BCUT2D eigenvalue weighted by atomic mass is 10.2. The highest BCUT2D eigenvalue weighted by Gasteiger charge is 2.40. The van der Waals surface area contributed by atoms with Crippen LogP contribution in [0.3, 0.4) is 0 Å². The van der Waals surface area contributed by atoms with Gasteiger partial charge in [0.15, 0.2) is 5.75 Å². The van der Waals surface area contributed by atoms with Crippen molar-refractivity contribution in [3.8, 4) is 5.75 Å². The van der Waals surface area contributed by atoms with Crippen LogP contribution in [0.5, 0.6) is 5.75 Å². The molecule has 0 N–H and O–H groups in total. The van der Waals surface area contributed by atoms with Gasteiger partial charge < -0.3 is 4.74 Å². The van der Waals surface area contributed by atoms with Crippen LogP contribution in [-0.2, 0) is 6.18 Å². The summed E-state index contributed by atoms with van der Waals surface area (Å²) in [7, 11) is 0. The molecule has 0 amide bonds. The minimum atomic E-state index is -5.18. The Balaban J connectivity index is 3.37. The molecule has 1 aromatic rings. The maximum absolute atomic E-state index is 12.5. The van der Waals surface area contributed by atoms with Crippen LogP contribution < -0.4 is 4.74 Å². The maximum atomic E-state index is 12.5. The van der Waals surface area contributed by atoms with Gasteiger partial charge >= 0.3 is 12.5 Å². The van der Waals surface area contributed by atoms with Gasteiger partial charge in [0.25, 0.3) is 0 Å². The average molecular weight is 435 g/mol. The molecule has 0 spiro atoms. The van der Waals surface area contributed by atoms with Crippen molar-refractivity contribution in [3.05, 3.63) is 25.7 Å². The van der Waals surface area contributed by atoms with Crippen molar-refractivity contribution in [1.29, 1.82) is 0 Å². The van der Waals surface area contributed by atoms with Crippen LogP contribution in [0.4, 0.5) is 26.3 Å². The second-order valence-electron chi connectivity index (χ2n) is 2.78. The molecule has 0 radical (unpaired) electrons. The van der Waals surface area contributed by atoms with E-state index in [0.717, 1.165) is 6.07 Å². The molecule has 0 atom stereocenters. The molecule has 0 unspecified atom stereocenters. The average Bonchev–Trinajstić information content (AvgIpc) is 2.08. The fraction of sp³-hybridized carbons (Fsp3) is 0.250. The molecule has 1 aromatic carbocycles. The van der Waals surface area contributed by atoms with Gasteiger partial charge in [-0.1, -0.05) is 0 Å². The lowest BCUT2D eigenvalue weighted by molar-refractivity contribution is -0.276. The Kier molecular flexibility index (Phi) is 4.22. The van der Waals surface area contributed by atoms with Gasteiger partial charge in [-0.15, -0.1) is 13.2 Å². The number of halogens is 8. The number of benzene rings is 1. The maximum Gasteiger partial charge on any atom is 0.573 e. The predicted molar refractivity (Wildman–Crippen MR) is 58.5 cm³/mol. The van der Waals surface area contributed by atoms with Gasteiger partial charge in [0.05, 0.1) is 9.13 Å². The van der Waals surface area contributed by atoms with E-state index in [1.54, 1.807) is 0 Å². The highest BCUT2D eigenvalue weighted by atomic mass is 127. The topological polar surface area (TPSA) is 9.23 Å². The van der Waals surface area contributed by atoms with Gasteiger partial charge in [-0.25, -0.2) is 0 Å². The molecule has 0 bridgehead atoms. The highest BCUT2D eigenvalue weighted by Crippen LogP contribution is 2.43. The minimum Gasteiger partial charge on any atom is -0.404 e. The molecule has 17 heavy (non-hydrogen) atoms. The number of hydrogen-bond donors (Lipinski definition) is 0. The van der Waals surface area contributed by atoms with Gasteiger partial charge in [0.1, 0.15) is 0 Å². The Morgan fingerprint density at radius 2 is 1.59 bits per heavy atom. The minimum absolute atomic E-state index is 0.0883. The standard InChI is InChI=1S/C8H2BrF6IO/c9-4-2-1-3(7(10,11)12)6(5(4)16)17-8(13,14)15/h1-2H. The van der Waals surface area contributed by atoms with Crippen LogP contribution in [-0.4, -0.2) is 6.36 Å². The van der Waals surface area contributed by atoms with Crippen LogP contribution in [0.15, 0.2) is 16.6 Å². The van der Waals surface area contributed by atoms with Crippen molar-refractivity contribution < 1.29 is 31.1 Å². The number of alkyl halides is 6. The van der Waals surface area contributed by atoms with E-state index in [9.17, 15) is 26.3 Å². The zero-order valence-corrected chi connectivity index (χ0v) is 11.3. The zero-order chi connectivity index (χ0) is 13.4. The van der Waals surface area contributed by atoms with Gasteiger partial charge in [-0.3, -0.25) is 0 Å². The Labute approximate surface area is 113 Å². The molecule has 0 aliphatic carbocycles. The predicted octanol–water partition coefficient (Wildman–Crippen LogP) is 4.97. The van der Waals surface area contributed by atoms with E-state index in [-0.39, 0.29) is 8.04 Å². The monoisotopic (exact) mass is 434 g/mol. The van der Waals surface area contributed by atoms with E-state index in [1.807, 2.05) is 0 Å². The van der Waals surface area contributed by atoms with Gasteiger partial charge in [-0.05, 0) is 50.7 Å². The fourth-order valence-corrected chi connectivity index (χ4v) is 1.86. The second kappa shape index (κ2) is 4.82. The molecular formula is C8H2BrF6IO. The molecule has 0 heterocycles. The first-order chi connectivity index (χ1) is 7.52. The van der Waals surface area contributed by atoms with E-state index >= 15 is 0 Å². The molecule has 96 valence electrons. The Hall–Kier alpha value is -0.190. The molecule has 0 aliphatic rings. The summed E-state index contributed by atoms with van der Waals surface area (Å²) in [5.74, 6) is -1.25. The zero-order valence-electron chi connectivity index (χ0n) is 7.59. The fourth-order valence-electron chi connectivity index (χ4n) is 0.971. The van der Waals surface area contributed by atoms with E-state index in [1.165, 1.54) is 22.6 Å². The molecule has 1 nitrogen and oxygen atoms in total. The summed E-state index contributed by atoms with van der Waals surface area (Å²) in [4.78, 5) is 0. The third kappa shape index (κ3) is 3.90. The Bertz CT molecular complexity index is 427. The van der Waals surface area contributed by atoms with Crippen LogP contribution in [0, 0.1) is 3.57 Å². The van der Waals surface area contributed by atoms with Crippen molar-refractivity contribution in [2.75, 3.05) is 0 Å². The number of ether oxygens (including phenoxy) is 1. The van der Waals surface area contributed by atoms with E-state index in [4.69, 9.17) is 0 Å². The van der Waals surface area contributed by atoms with E-state index < -0.39 is 23.9 Å². The summed E-state index contributed by atoms with van der Waals surface area (Å²) in [6.45, 7) is 0. The van der Waals surface area contributed by atoms with Crippen molar-refractivity contribution >= 4 is 38.5 Å². The first-order valence-electron chi connectivity index (χ1n) is 3.83. The first-order valence-corrected chi connectivity index (χ1v) is 5.70. The summed E-state index contributed by atoms with van der Waals surface area (Å²) in [6, 6.07) is 1.53. The summed E-state index contributed by atoms with van der Waals surface area (Å²) in [5, 5.41) is 0. The lowest BCUT2D eigenvalue weighted by Gasteiger charge is -2.17. The summed E-state index contributed by atoms with van der Waals surface area (Å²) in [5.41, 5.74) is -1.47. The summed E-state index contributed by atoms with van der Waals surface area (Å²) >= 11 is 4.17. The molecule has 1 rings (SSSR count). The molecule has 0 saturated carbocycles. The largest absolute Gasteiger partial charge is 0.573 e. The van der Waals surface area contributed by atoms with E-state index in [2.05, 4.69) is 20.7 Å². The van der Waals surface area contributed by atoms with Gasteiger partial charge in [-0.2, -0.15) is 13.2 Å². The molecule has 0 fully saturated rings. The smallest absolute Gasteiger partial charge is 0.404 e. The Morgan fingerprint density at radius 3 is 2.00 bits per heavy atom. The summed E-state index contributed by atoms with van der Waals surface area (Å²) in [6.07, 6.45) is -10.1. The SMILES string of the molecule is FC(F)(F)Oc1c(C(F)(F)F)ccc(Br)c1I. The number of hydrogen-bond acceptors (Lipinski definition) is 1.